The molecule has 166 valence electrons. The van der Waals surface area contributed by atoms with Gasteiger partial charge in [-0.25, -0.2) is 0 Å². The van der Waals surface area contributed by atoms with Crippen molar-refractivity contribution in [3.05, 3.63) is 74.4 Å². The Morgan fingerprint density at radius 3 is 2.39 bits per heavy atom. The molecule has 7 heteroatoms. The summed E-state index contributed by atoms with van der Waals surface area (Å²) in [5.41, 5.74) is 11.4. The van der Waals surface area contributed by atoms with Gasteiger partial charge in [0.05, 0.1) is 11.7 Å². The van der Waals surface area contributed by atoms with Crippen molar-refractivity contribution < 1.29 is 10.2 Å². The van der Waals surface area contributed by atoms with Crippen LogP contribution in [0.1, 0.15) is 42.5 Å². The Bertz CT molecular complexity index is 1040. The van der Waals surface area contributed by atoms with Crippen molar-refractivity contribution in [2.45, 2.75) is 43.8 Å². The highest BCUT2D eigenvalue weighted by molar-refractivity contribution is 9.09. The lowest BCUT2D eigenvalue weighted by molar-refractivity contribution is -0.0103. The van der Waals surface area contributed by atoms with Crippen LogP contribution in [-0.4, -0.2) is 21.3 Å². The van der Waals surface area contributed by atoms with Crippen LogP contribution in [0, 0.1) is 24.7 Å². The van der Waals surface area contributed by atoms with Gasteiger partial charge in [-0.2, -0.15) is 0 Å². The summed E-state index contributed by atoms with van der Waals surface area (Å²) in [5.74, 6) is 1.02. The number of rotatable bonds is 4. The molecule has 31 heavy (non-hydrogen) atoms. The normalized spacial score (nSPS) is 29.6. The van der Waals surface area contributed by atoms with Crippen LogP contribution < -0.4 is 11.1 Å². The van der Waals surface area contributed by atoms with Crippen molar-refractivity contribution in [1.29, 1.82) is 0 Å². The van der Waals surface area contributed by atoms with E-state index in [4.69, 9.17) is 28.9 Å². The monoisotopic (exact) mass is 524 g/mol. The number of aliphatic hydroxyl groups is 2. The molecule has 2 aliphatic rings. The average Bonchev–Trinajstić information content (AvgIpc) is 3.45. The van der Waals surface area contributed by atoms with E-state index >= 15 is 0 Å². The van der Waals surface area contributed by atoms with E-state index in [1.807, 2.05) is 43.3 Å². The van der Waals surface area contributed by atoms with Crippen molar-refractivity contribution in [2.24, 2.45) is 23.5 Å². The van der Waals surface area contributed by atoms with Gasteiger partial charge in [0.25, 0.3) is 0 Å². The molecule has 0 aliphatic heterocycles. The highest BCUT2D eigenvalue weighted by Crippen LogP contribution is 2.65. The summed E-state index contributed by atoms with van der Waals surface area (Å²) in [6, 6.07) is 11.3. The molecule has 0 aromatic heterocycles. The second-order valence-corrected chi connectivity index (χ2v) is 11.1. The molecule has 0 amide bonds. The summed E-state index contributed by atoms with van der Waals surface area (Å²) in [7, 11) is 0. The number of fused-ring (bicyclic) bond motifs is 2. The molecule has 4 unspecified atom stereocenters. The smallest absolute Gasteiger partial charge is 0.193 e. The lowest BCUT2D eigenvalue weighted by Gasteiger charge is -2.29. The van der Waals surface area contributed by atoms with Crippen LogP contribution in [0.2, 0.25) is 10.0 Å². The van der Waals surface area contributed by atoms with Crippen LogP contribution in [0.5, 0.6) is 0 Å². The van der Waals surface area contributed by atoms with Gasteiger partial charge in [0, 0.05) is 20.6 Å². The third kappa shape index (κ3) is 4.11. The fourth-order valence-electron chi connectivity index (χ4n) is 5.35. The van der Waals surface area contributed by atoms with Gasteiger partial charge < -0.3 is 21.3 Å². The predicted octanol–water partition coefficient (Wildman–Crippen LogP) is 5.74. The predicted molar refractivity (Wildman–Crippen MR) is 131 cm³/mol. The minimum atomic E-state index is -1.73. The van der Waals surface area contributed by atoms with Crippen LogP contribution in [0.25, 0.3) is 0 Å². The molecular weight excluding hydrogens is 499 g/mol. The van der Waals surface area contributed by atoms with E-state index in [9.17, 15) is 10.2 Å². The van der Waals surface area contributed by atoms with Crippen molar-refractivity contribution in [3.63, 3.8) is 0 Å². The van der Waals surface area contributed by atoms with Crippen LogP contribution in [-0.2, 0) is 0 Å². The van der Waals surface area contributed by atoms with Gasteiger partial charge in [-0.1, -0.05) is 65.1 Å². The standard InChI is InChI=1S/C24H27BrCl2N2O2/c1-10-4-5-14(27)9-17(10)29-23-15-7-6-13(26)8-16(15)11(2)18-19(12(3)25)20(18)21(23)22(28)24(30)31/h4-9,11-12,18-20,23-24,29-31H,28H2,1-3H3/b22-21+/t11?,12?,18-,19-,20?,23?/m0/s1. The van der Waals surface area contributed by atoms with Crippen LogP contribution in [0.4, 0.5) is 5.69 Å². The molecule has 2 aromatic rings. The minimum Gasteiger partial charge on any atom is -0.398 e. The quantitative estimate of drug-likeness (QED) is 0.303. The zero-order valence-electron chi connectivity index (χ0n) is 17.6. The van der Waals surface area contributed by atoms with Crippen molar-refractivity contribution in [1.82, 2.24) is 0 Å². The number of hydrogen-bond acceptors (Lipinski definition) is 4. The lowest BCUT2D eigenvalue weighted by Crippen LogP contribution is -2.26. The van der Waals surface area contributed by atoms with Gasteiger partial charge in [0.15, 0.2) is 6.29 Å². The van der Waals surface area contributed by atoms with Crippen molar-refractivity contribution in [2.75, 3.05) is 5.32 Å². The molecular formula is C24H27BrCl2N2O2. The molecule has 4 rings (SSSR count). The number of halogens is 3. The molecule has 2 aromatic carbocycles. The second-order valence-electron chi connectivity index (χ2n) is 8.74. The fraction of sp³-hybridized carbons (Fsp3) is 0.417. The summed E-state index contributed by atoms with van der Waals surface area (Å²) >= 11 is 16.4. The second kappa shape index (κ2) is 8.60. The maximum Gasteiger partial charge on any atom is 0.193 e. The Morgan fingerprint density at radius 2 is 1.74 bits per heavy atom. The lowest BCUT2D eigenvalue weighted by atomic mass is 9.87. The third-order valence-corrected chi connectivity index (χ3v) is 7.95. The first-order valence-corrected chi connectivity index (χ1v) is 12.1. The Hall–Kier alpha value is -1.24. The number of hydrogen-bond donors (Lipinski definition) is 4. The Morgan fingerprint density at radius 1 is 1.10 bits per heavy atom. The number of anilines is 1. The number of benzene rings is 2. The number of nitrogens with two attached hydrogens (primary N) is 1. The van der Waals surface area contributed by atoms with Crippen LogP contribution >= 0.6 is 39.1 Å². The number of aliphatic hydroxyl groups excluding tert-OH is 1. The van der Waals surface area contributed by atoms with E-state index < -0.39 is 6.29 Å². The van der Waals surface area contributed by atoms with Gasteiger partial charge in [-0.15, -0.1) is 0 Å². The number of alkyl halides is 1. The highest BCUT2D eigenvalue weighted by Gasteiger charge is 2.60. The summed E-state index contributed by atoms with van der Waals surface area (Å²) in [6.45, 7) is 6.37. The Labute approximate surface area is 201 Å². The maximum absolute atomic E-state index is 10.1. The highest BCUT2D eigenvalue weighted by atomic mass is 79.9. The van der Waals surface area contributed by atoms with Crippen molar-refractivity contribution >= 4 is 44.8 Å². The van der Waals surface area contributed by atoms with Gasteiger partial charge in [0.2, 0.25) is 0 Å². The minimum absolute atomic E-state index is 0.109. The first kappa shape index (κ1) is 22.9. The van der Waals surface area contributed by atoms with Crippen molar-refractivity contribution in [3.8, 4) is 0 Å². The zero-order valence-corrected chi connectivity index (χ0v) is 20.7. The molecule has 0 spiro atoms. The van der Waals surface area contributed by atoms with Gasteiger partial charge >= 0.3 is 0 Å². The molecule has 2 aliphatic carbocycles. The van der Waals surface area contributed by atoms with Gasteiger partial charge in [0.1, 0.15) is 0 Å². The van der Waals surface area contributed by atoms with Gasteiger partial charge in [-0.3, -0.25) is 0 Å². The molecule has 0 saturated heterocycles. The molecule has 0 bridgehead atoms. The summed E-state index contributed by atoms with van der Waals surface area (Å²) in [5, 5.41) is 25.1. The third-order valence-electron chi connectivity index (χ3n) is 6.87. The average molecular weight is 526 g/mol. The fourth-order valence-corrected chi connectivity index (χ4v) is 6.38. The first-order valence-electron chi connectivity index (χ1n) is 10.4. The molecule has 5 N–H and O–H groups in total. The summed E-state index contributed by atoms with van der Waals surface area (Å²) in [4.78, 5) is 0.262. The number of aryl methyl sites for hydroxylation is 1. The largest absolute Gasteiger partial charge is 0.398 e. The van der Waals surface area contributed by atoms with E-state index in [1.54, 1.807) is 0 Å². The molecule has 0 radical (unpaired) electrons. The maximum atomic E-state index is 10.1. The molecule has 1 saturated carbocycles. The molecule has 0 heterocycles. The van der Waals surface area contributed by atoms with Crippen LogP contribution in [0.3, 0.4) is 0 Å². The topological polar surface area (TPSA) is 78.5 Å². The Kier molecular flexibility index (Phi) is 6.36. The summed E-state index contributed by atoms with van der Waals surface area (Å²) < 4.78 is 0. The van der Waals surface area contributed by atoms with E-state index in [2.05, 4.69) is 35.1 Å². The summed E-state index contributed by atoms with van der Waals surface area (Å²) in [6.07, 6.45) is -1.73. The SMILES string of the molecule is Cc1ccc(Cl)cc1NC1/C(=C(/N)C(O)O)C2[C@@H](C(C)Br)[C@@H]2C(C)c2cc(Cl)ccc21. The zero-order chi connectivity index (χ0) is 22.6. The Balaban J connectivity index is 1.94. The molecule has 6 atom stereocenters. The van der Waals surface area contributed by atoms with E-state index in [-0.39, 0.29) is 28.4 Å². The van der Waals surface area contributed by atoms with Crippen LogP contribution in [0.15, 0.2) is 47.7 Å². The molecule has 1 fully saturated rings. The van der Waals surface area contributed by atoms with E-state index in [1.165, 1.54) is 0 Å². The molecule has 4 nitrogen and oxygen atoms in total. The van der Waals surface area contributed by atoms with E-state index in [0.717, 1.165) is 28.0 Å². The number of nitrogens with one attached hydrogen (secondary N) is 1. The first-order chi connectivity index (χ1) is 14.6. The van der Waals surface area contributed by atoms with Gasteiger partial charge in [-0.05, 0) is 77.1 Å². The van der Waals surface area contributed by atoms with E-state index in [0.29, 0.717) is 21.9 Å².